The highest BCUT2D eigenvalue weighted by molar-refractivity contribution is 5.36. The second kappa shape index (κ2) is 5.22. The highest BCUT2D eigenvalue weighted by atomic mass is 16.5. The zero-order valence-corrected chi connectivity index (χ0v) is 8.24. The smallest absolute Gasteiger partial charge is 0.293 e. The molecule has 2 bridgehead atoms. The number of nitrogens with two attached hydrogens (primary N) is 1. The summed E-state index contributed by atoms with van der Waals surface area (Å²) in [6.45, 7) is 2.66. The molecule has 0 saturated heterocycles. The maximum Gasteiger partial charge on any atom is 0.293 e. The first-order valence-corrected chi connectivity index (χ1v) is 5.08. The molecule has 2 rings (SSSR count). The molecule has 3 nitrogen and oxygen atoms in total. The van der Waals surface area contributed by atoms with Gasteiger partial charge in [-0.1, -0.05) is 6.42 Å². The van der Waals surface area contributed by atoms with Gasteiger partial charge in [0.25, 0.3) is 6.47 Å². The van der Waals surface area contributed by atoms with Crippen LogP contribution in [0, 0.1) is 11.8 Å². The largest absolute Gasteiger partial charge is 0.468 e. The summed E-state index contributed by atoms with van der Waals surface area (Å²) in [6.07, 6.45) is 5.66. The predicted octanol–water partition coefficient (Wildman–Crippen LogP) is 1.31. The van der Waals surface area contributed by atoms with Crippen LogP contribution in [-0.4, -0.2) is 19.1 Å². The van der Waals surface area contributed by atoms with Gasteiger partial charge in [0.15, 0.2) is 0 Å². The first-order chi connectivity index (χ1) is 6.27. The molecule has 3 atom stereocenters. The standard InChI is InChI=1S/C7H13N.C3H6O2/c8-7-4-5-1-2-6(7)3-5;1-2-5-3-4/h5-7H,1-4,8H2;3H,2H2,1H3. The van der Waals surface area contributed by atoms with Crippen molar-refractivity contribution in [1.82, 2.24) is 0 Å². The number of ether oxygens (including phenoxy) is 1. The van der Waals surface area contributed by atoms with Crippen molar-refractivity contribution in [2.75, 3.05) is 6.61 Å². The topological polar surface area (TPSA) is 52.3 Å². The van der Waals surface area contributed by atoms with Crippen LogP contribution in [0.4, 0.5) is 0 Å². The lowest BCUT2D eigenvalue weighted by atomic mass is 9.96. The van der Waals surface area contributed by atoms with Crippen LogP contribution in [0.3, 0.4) is 0 Å². The van der Waals surface area contributed by atoms with Gasteiger partial charge in [0.05, 0.1) is 6.61 Å². The van der Waals surface area contributed by atoms with Crippen LogP contribution in [-0.2, 0) is 9.53 Å². The predicted molar refractivity (Wildman–Crippen MR) is 51.1 cm³/mol. The fourth-order valence-electron chi connectivity index (χ4n) is 2.36. The first-order valence-electron chi connectivity index (χ1n) is 5.08. The molecule has 0 amide bonds. The van der Waals surface area contributed by atoms with Crippen molar-refractivity contribution >= 4 is 6.47 Å². The monoisotopic (exact) mass is 185 g/mol. The minimum absolute atomic E-state index is 0.431. The molecular formula is C10H19NO2. The average molecular weight is 185 g/mol. The van der Waals surface area contributed by atoms with Crippen LogP contribution in [0.1, 0.15) is 32.6 Å². The van der Waals surface area contributed by atoms with Crippen molar-refractivity contribution in [3.8, 4) is 0 Å². The Hall–Kier alpha value is -0.570. The van der Waals surface area contributed by atoms with Gasteiger partial charge in [0.1, 0.15) is 0 Å². The molecule has 2 N–H and O–H groups in total. The molecule has 2 aliphatic rings. The van der Waals surface area contributed by atoms with Crippen LogP contribution in [0.25, 0.3) is 0 Å². The number of fused-ring (bicyclic) bond motifs is 2. The molecule has 0 aliphatic heterocycles. The van der Waals surface area contributed by atoms with E-state index < -0.39 is 0 Å². The summed E-state index contributed by atoms with van der Waals surface area (Å²) in [7, 11) is 0. The van der Waals surface area contributed by atoms with Gasteiger partial charge in [-0.15, -0.1) is 0 Å². The Balaban J connectivity index is 0.000000149. The van der Waals surface area contributed by atoms with Gasteiger partial charge in [-0.2, -0.15) is 0 Å². The first kappa shape index (κ1) is 10.5. The van der Waals surface area contributed by atoms with E-state index >= 15 is 0 Å². The Labute approximate surface area is 79.6 Å². The fraction of sp³-hybridized carbons (Fsp3) is 0.900. The molecule has 3 heteroatoms. The van der Waals surface area contributed by atoms with Crippen LogP contribution >= 0.6 is 0 Å². The van der Waals surface area contributed by atoms with Gasteiger partial charge < -0.3 is 10.5 Å². The van der Waals surface area contributed by atoms with Crippen molar-refractivity contribution in [2.45, 2.75) is 38.6 Å². The molecule has 2 saturated carbocycles. The molecule has 3 unspecified atom stereocenters. The van der Waals surface area contributed by atoms with E-state index in [2.05, 4.69) is 4.74 Å². The van der Waals surface area contributed by atoms with Crippen molar-refractivity contribution < 1.29 is 9.53 Å². The fourth-order valence-corrected chi connectivity index (χ4v) is 2.36. The highest BCUT2D eigenvalue weighted by Gasteiger charge is 2.36. The van der Waals surface area contributed by atoms with Gasteiger partial charge in [-0.3, -0.25) is 4.79 Å². The Bertz CT molecular complexity index is 159. The normalized spacial score (nSPS) is 35.1. The van der Waals surface area contributed by atoms with E-state index in [1.165, 1.54) is 25.7 Å². The Morgan fingerprint density at radius 3 is 2.38 bits per heavy atom. The molecule has 0 radical (unpaired) electrons. The lowest BCUT2D eigenvalue weighted by Crippen LogP contribution is -2.26. The number of carbonyl (C=O) groups is 1. The zero-order chi connectivity index (χ0) is 9.68. The van der Waals surface area contributed by atoms with Crippen molar-refractivity contribution in [3.05, 3.63) is 0 Å². The SMILES string of the molecule is CCOC=O.NC1CC2CCC1C2. The minimum atomic E-state index is 0.431. The number of rotatable bonds is 2. The van der Waals surface area contributed by atoms with E-state index in [-0.39, 0.29) is 0 Å². The molecule has 0 aromatic rings. The van der Waals surface area contributed by atoms with E-state index in [1.54, 1.807) is 6.92 Å². The third-order valence-corrected chi connectivity index (χ3v) is 3.03. The van der Waals surface area contributed by atoms with Crippen molar-refractivity contribution in [3.63, 3.8) is 0 Å². The lowest BCUT2D eigenvalue weighted by molar-refractivity contribution is -0.128. The summed E-state index contributed by atoms with van der Waals surface area (Å²) in [6, 6.07) is 0.578. The highest BCUT2D eigenvalue weighted by Crippen LogP contribution is 2.43. The van der Waals surface area contributed by atoms with Gasteiger partial charge >= 0.3 is 0 Å². The number of hydrogen-bond acceptors (Lipinski definition) is 3. The Morgan fingerprint density at radius 2 is 2.23 bits per heavy atom. The summed E-state index contributed by atoms with van der Waals surface area (Å²) in [5, 5.41) is 0. The third kappa shape index (κ3) is 2.99. The van der Waals surface area contributed by atoms with Gasteiger partial charge in [0, 0.05) is 6.04 Å². The minimum Gasteiger partial charge on any atom is -0.468 e. The molecule has 0 aromatic heterocycles. The number of hydrogen-bond donors (Lipinski definition) is 1. The third-order valence-electron chi connectivity index (χ3n) is 3.03. The van der Waals surface area contributed by atoms with Gasteiger partial charge in [-0.05, 0) is 38.0 Å². The average Bonchev–Trinajstić information content (AvgIpc) is 2.67. The van der Waals surface area contributed by atoms with Crippen LogP contribution < -0.4 is 5.73 Å². The van der Waals surface area contributed by atoms with E-state index in [0.717, 1.165) is 11.8 Å². The summed E-state index contributed by atoms with van der Waals surface area (Å²) in [5.41, 5.74) is 5.82. The maximum atomic E-state index is 9.18. The van der Waals surface area contributed by atoms with Crippen molar-refractivity contribution in [1.29, 1.82) is 0 Å². The van der Waals surface area contributed by atoms with Crippen LogP contribution in [0.2, 0.25) is 0 Å². The molecule has 76 valence electrons. The molecule has 0 aromatic carbocycles. The van der Waals surface area contributed by atoms with Gasteiger partial charge in [-0.25, -0.2) is 0 Å². The second-order valence-corrected chi connectivity index (χ2v) is 3.89. The molecular weight excluding hydrogens is 166 g/mol. The van der Waals surface area contributed by atoms with E-state index in [4.69, 9.17) is 5.73 Å². The molecule has 0 spiro atoms. The lowest BCUT2D eigenvalue weighted by Gasteiger charge is -2.15. The van der Waals surface area contributed by atoms with E-state index in [9.17, 15) is 4.79 Å². The van der Waals surface area contributed by atoms with Crippen molar-refractivity contribution in [2.24, 2.45) is 17.6 Å². The summed E-state index contributed by atoms with van der Waals surface area (Å²) in [4.78, 5) is 9.18. The van der Waals surface area contributed by atoms with E-state index in [0.29, 0.717) is 19.1 Å². The van der Waals surface area contributed by atoms with Gasteiger partial charge in [0.2, 0.25) is 0 Å². The molecule has 2 fully saturated rings. The molecule has 13 heavy (non-hydrogen) atoms. The Morgan fingerprint density at radius 1 is 1.46 bits per heavy atom. The maximum absolute atomic E-state index is 9.18. The number of carbonyl (C=O) groups excluding carboxylic acids is 1. The van der Waals surface area contributed by atoms with E-state index in [1.807, 2.05) is 0 Å². The molecule has 0 heterocycles. The summed E-state index contributed by atoms with van der Waals surface area (Å²) >= 11 is 0. The Kier molecular flexibility index (Phi) is 4.22. The second-order valence-electron chi connectivity index (χ2n) is 3.89. The molecule has 2 aliphatic carbocycles. The van der Waals surface area contributed by atoms with Crippen LogP contribution in [0.5, 0.6) is 0 Å². The summed E-state index contributed by atoms with van der Waals surface area (Å²) < 4.78 is 4.15. The quantitative estimate of drug-likeness (QED) is 0.660. The zero-order valence-electron chi connectivity index (χ0n) is 8.24. The van der Waals surface area contributed by atoms with Crippen LogP contribution in [0.15, 0.2) is 0 Å². The summed E-state index contributed by atoms with van der Waals surface area (Å²) in [5.74, 6) is 1.94.